The maximum absolute atomic E-state index is 3.32. The maximum Gasteiger partial charge on any atom is 0.00645 e. The van der Waals surface area contributed by atoms with Crippen LogP contribution in [-0.2, 0) is 6.42 Å². The average Bonchev–Trinajstić information content (AvgIpc) is 2.22. The topological polar surface area (TPSA) is 12.0 Å². The van der Waals surface area contributed by atoms with Crippen LogP contribution in [0.4, 0.5) is 0 Å². The Morgan fingerprint density at radius 2 is 1.67 bits per heavy atom. The average molecular weight is 205 g/mol. The van der Waals surface area contributed by atoms with Gasteiger partial charge in [-0.15, -0.1) is 0 Å². The summed E-state index contributed by atoms with van der Waals surface area (Å²) in [5.41, 5.74) is 4.36. The van der Waals surface area contributed by atoms with Gasteiger partial charge in [0.25, 0.3) is 0 Å². The molecule has 2 atom stereocenters. The molecule has 0 aliphatic rings. The molecule has 0 aliphatic carbocycles. The number of nitrogens with one attached hydrogen (secondary N) is 1. The summed E-state index contributed by atoms with van der Waals surface area (Å²) in [7, 11) is 2.03. The van der Waals surface area contributed by atoms with Crippen LogP contribution in [0.3, 0.4) is 0 Å². The van der Waals surface area contributed by atoms with Gasteiger partial charge in [-0.3, -0.25) is 0 Å². The van der Waals surface area contributed by atoms with Crippen LogP contribution in [0, 0.1) is 19.8 Å². The zero-order valence-corrected chi connectivity index (χ0v) is 10.6. The van der Waals surface area contributed by atoms with Gasteiger partial charge in [-0.2, -0.15) is 0 Å². The van der Waals surface area contributed by atoms with Crippen LogP contribution >= 0.6 is 0 Å². The van der Waals surface area contributed by atoms with E-state index in [1.807, 2.05) is 7.05 Å². The van der Waals surface area contributed by atoms with Gasteiger partial charge >= 0.3 is 0 Å². The zero-order chi connectivity index (χ0) is 11.4. The second kappa shape index (κ2) is 5.32. The third kappa shape index (κ3) is 3.07. The fourth-order valence-electron chi connectivity index (χ4n) is 1.95. The van der Waals surface area contributed by atoms with Crippen molar-refractivity contribution in [3.8, 4) is 0 Å². The lowest BCUT2D eigenvalue weighted by atomic mass is 9.90. The van der Waals surface area contributed by atoms with Crippen LogP contribution in [0.1, 0.15) is 30.5 Å². The minimum atomic E-state index is 0.573. The molecule has 0 saturated carbocycles. The van der Waals surface area contributed by atoms with E-state index in [2.05, 4.69) is 51.2 Å². The van der Waals surface area contributed by atoms with E-state index in [4.69, 9.17) is 0 Å². The monoisotopic (exact) mass is 205 g/mol. The van der Waals surface area contributed by atoms with E-state index in [1.165, 1.54) is 23.1 Å². The molecule has 0 saturated heterocycles. The first-order chi connectivity index (χ1) is 7.06. The predicted octanol–water partition coefficient (Wildman–Crippen LogP) is 3.09. The normalized spacial score (nSPS) is 15.0. The summed E-state index contributed by atoms with van der Waals surface area (Å²) in [6.07, 6.45) is 1.17. The lowest BCUT2D eigenvalue weighted by Crippen LogP contribution is -2.30. The van der Waals surface area contributed by atoms with E-state index in [-0.39, 0.29) is 0 Å². The number of hydrogen-bond donors (Lipinski definition) is 1. The Morgan fingerprint density at radius 1 is 1.13 bits per heavy atom. The van der Waals surface area contributed by atoms with Crippen LogP contribution < -0.4 is 5.32 Å². The third-order valence-electron chi connectivity index (χ3n) is 3.48. The van der Waals surface area contributed by atoms with E-state index in [0.717, 1.165) is 0 Å². The molecule has 1 heteroatoms. The molecule has 0 aliphatic heterocycles. The Labute approximate surface area is 93.9 Å². The van der Waals surface area contributed by atoms with Crippen LogP contribution in [-0.4, -0.2) is 13.1 Å². The fourth-order valence-corrected chi connectivity index (χ4v) is 1.95. The van der Waals surface area contributed by atoms with Gasteiger partial charge in [0.2, 0.25) is 0 Å². The molecule has 15 heavy (non-hydrogen) atoms. The predicted molar refractivity (Wildman–Crippen MR) is 67.3 cm³/mol. The molecule has 0 radical (unpaired) electrons. The summed E-state index contributed by atoms with van der Waals surface area (Å²) in [4.78, 5) is 0. The van der Waals surface area contributed by atoms with Gasteiger partial charge in [0.1, 0.15) is 0 Å². The lowest BCUT2D eigenvalue weighted by Gasteiger charge is -2.21. The maximum atomic E-state index is 3.32. The number of hydrogen-bond acceptors (Lipinski definition) is 1. The summed E-state index contributed by atoms with van der Waals surface area (Å²) in [5, 5.41) is 3.32. The summed E-state index contributed by atoms with van der Waals surface area (Å²) < 4.78 is 0. The van der Waals surface area contributed by atoms with Crippen LogP contribution in [0.2, 0.25) is 0 Å². The van der Waals surface area contributed by atoms with E-state index >= 15 is 0 Å². The summed E-state index contributed by atoms with van der Waals surface area (Å²) in [6.45, 7) is 8.98. The molecule has 0 aromatic heterocycles. The first-order valence-electron chi connectivity index (χ1n) is 5.78. The van der Waals surface area contributed by atoms with Crippen molar-refractivity contribution in [2.24, 2.45) is 5.92 Å². The van der Waals surface area contributed by atoms with Gasteiger partial charge in [0.05, 0.1) is 0 Å². The van der Waals surface area contributed by atoms with Gasteiger partial charge in [-0.25, -0.2) is 0 Å². The molecule has 84 valence electrons. The third-order valence-corrected chi connectivity index (χ3v) is 3.48. The van der Waals surface area contributed by atoms with Crippen molar-refractivity contribution in [1.82, 2.24) is 5.32 Å². The highest BCUT2D eigenvalue weighted by Gasteiger charge is 2.13. The lowest BCUT2D eigenvalue weighted by molar-refractivity contribution is 0.423. The first kappa shape index (κ1) is 12.3. The van der Waals surface area contributed by atoms with Gasteiger partial charge in [-0.1, -0.05) is 25.1 Å². The van der Waals surface area contributed by atoms with Crippen molar-refractivity contribution in [3.05, 3.63) is 34.9 Å². The molecule has 2 unspecified atom stereocenters. The molecular formula is C14H23N. The zero-order valence-electron chi connectivity index (χ0n) is 10.6. The van der Waals surface area contributed by atoms with E-state index in [9.17, 15) is 0 Å². The summed E-state index contributed by atoms with van der Waals surface area (Å²) in [5.74, 6) is 0.676. The highest BCUT2D eigenvalue weighted by molar-refractivity contribution is 5.33. The Hall–Kier alpha value is -0.820. The van der Waals surface area contributed by atoms with Crippen molar-refractivity contribution in [1.29, 1.82) is 0 Å². The first-order valence-corrected chi connectivity index (χ1v) is 5.78. The van der Waals surface area contributed by atoms with E-state index < -0.39 is 0 Å². The smallest absolute Gasteiger partial charge is 0.00645 e. The van der Waals surface area contributed by atoms with Crippen LogP contribution in [0.25, 0.3) is 0 Å². The molecule has 1 N–H and O–H groups in total. The Balaban J connectivity index is 2.80. The molecule has 1 nitrogen and oxygen atoms in total. The summed E-state index contributed by atoms with van der Waals surface area (Å²) >= 11 is 0. The minimum absolute atomic E-state index is 0.573. The Kier molecular flexibility index (Phi) is 4.34. The van der Waals surface area contributed by atoms with E-state index in [0.29, 0.717) is 12.0 Å². The molecular weight excluding hydrogens is 182 g/mol. The van der Waals surface area contributed by atoms with Crippen molar-refractivity contribution in [3.63, 3.8) is 0 Å². The van der Waals surface area contributed by atoms with Crippen molar-refractivity contribution < 1.29 is 0 Å². The largest absolute Gasteiger partial charge is 0.317 e. The van der Waals surface area contributed by atoms with Crippen LogP contribution in [0.5, 0.6) is 0 Å². The van der Waals surface area contributed by atoms with E-state index in [1.54, 1.807) is 0 Å². The Bertz CT molecular complexity index is 297. The van der Waals surface area contributed by atoms with Gasteiger partial charge in [-0.05, 0) is 56.8 Å². The highest BCUT2D eigenvalue weighted by Crippen LogP contribution is 2.19. The second-order valence-electron chi connectivity index (χ2n) is 4.63. The van der Waals surface area contributed by atoms with Crippen molar-refractivity contribution in [2.45, 2.75) is 40.2 Å². The van der Waals surface area contributed by atoms with Crippen molar-refractivity contribution in [2.75, 3.05) is 7.05 Å². The molecule has 0 bridgehead atoms. The molecule has 1 rings (SSSR count). The molecule has 0 heterocycles. The Morgan fingerprint density at radius 3 is 2.13 bits per heavy atom. The number of aryl methyl sites for hydroxylation is 2. The standard InChI is InChI=1S/C14H23N/c1-10-7-6-8-11(2)14(10)9-12(3)13(4)15-5/h6-8,12-13,15H,9H2,1-5H3. The summed E-state index contributed by atoms with van der Waals surface area (Å²) in [6, 6.07) is 7.13. The molecule has 0 amide bonds. The fraction of sp³-hybridized carbons (Fsp3) is 0.571. The second-order valence-corrected chi connectivity index (χ2v) is 4.63. The van der Waals surface area contributed by atoms with Gasteiger partial charge < -0.3 is 5.32 Å². The van der Waals surface area contributed by atoms with Crippen LogP contribution in [0.15, 0.2) is 18.2 Å². The molecule has 0 spiro atoms. The molecule has 1 aromatic carbocycles. The van der Waals surface area contributed by atoms with Gasteiger partial charge in [0.15, 0.2) is 0 Å². The molecule has 0 fully saturated rings. The minimum Gasteiger partial charge on any atom is -0.317 e. The quantitative estimate of drug-likeness (QED) is 0.796. The molecule has 1 aromatic rings. The van der Waals surface area contributed by atoms with Crippen molar-refractivity contribution >= 4 is 0 Å². The highest BCUT2D eigenvalue weighted by atomic mass is 14.9. The van der Waals surface area contributed by atoms with Gasteiger partial charge in [0, 0.05) is 6.04 Å². The SMILES string of the molecule is CNC(C)C(C)Cc1c(C)cccc1C. The number of benzene rings is 1. The number of rotatable bonds is 4.